The summed E-state index contributed by atoms with van der Waals surface area (Å²) < 4.78 is 0. The lowest BCUT2D eigenvalue weighted by Crippen LogP contribution is -1.99. The first kappa shape index (κ1) is 19.9. The molecule has 0 radical (unpaired) electrons. The van der Waals surface area contributed by atoms with Crippen molar-refractivity contribution < 1.29 is 9.59 Å². The van der Waals surface area contributed by atoms with Crippen molar-refractivity contribution in [2.75, 3.05) is 0 Å². The Hall–Kier alpha value is -0.0800. The molecule has 0 aromatic rings. The van der Waals surface area contributed by atoms with Crippen LogP contribution in [0.4, 0.5) is 0 Å². The smallest absolute Gasteiger partial charge is 0.221 e. The monoisotopic (exact) mass is 322 g/mol. The van der Waals surface area contributed by atoms with E-state index < -0.39 is 0 Å². The molecule has 1 atom stereocenters. The van der Waals surface area contributed by atoms with Gasteiger partial charge in [-0.3, -0.25) is 9.59 Å². The molecular formula is C16H28Cl2O2. The summed E-state index contributed by atoms with van der Waals surface area (Å²) in [7, 11) is 0. The molecule has 118 valence electrons. The molecule has 0 aliphatic heterocycles. The topological polar surface area (TPSA) is 34.1 Å². The Kier molecular flexibility index (Phi) is 13.8. The molecule has 20 heavy (non-hydrogen) atoms. The zero-order valence-electron chi connectivity index (χ0n) is 12.6. The molecule has 0 saturated carbocycles. The summed E-state index contributed by atoms with van der Waals surface area (Å²) in [5, 5.41) is -0.431. The number of carbonyl (C=O) groups is 2. The molecule has 0 heterocycles. The van der Waals surface area contributed by atoms with E-state index in [2.05, 4.69) is 6.92 Å². The molecule has 0 aromatic carbocycles. The number of hydrogen-bond donors (Lipinski definition) is 0. The minimum atomic E-state index is -0.216. The largest absolute Gasteiger partial charge is 0.281 e. The van der Waals surface area contributed by atoms with Crippen LogP contribution in [0.3, 0.4) is 0 Å². The molecule has 0 aliphatic rings. The van der Waals surface area contributed by atoms with Gasteiger partial charge in [0.25, 0.3) is 0 Å². The van der Waals surface area contributed by atoms with Crippen LogP contribution in [0.2, 0.25) is 0 Å². The van der Waals surface area contributed by atoms with E-state index >= 15 is 0 Å². The van der Waals surface area contributed by atoms with Crippen LogP contribution in [-0.2, 0) is 9.59 Å². The molecule has 4 heteroatoms. The second kappa shape index (κ2) is 13.9. The molecular weight excluding hydrogens is 295 g/mol. The van der Waals surface area contributed by atoms with Gasteiger partial charge in [-0.1, -0.05) is 58.3 Å². The fourth-order valence-electron chi connectivity index (χ4n) is 2.48. The molecule has 0 aliphatic carbocycles. The van der Waals surface area contributed by atoms with Crippen molar-refractivity contribution >= 4 is 33.7 Å². The van der Waals surface area contributed by atoms with Crippen LogP contribution in [-0.4, -0.2) is 10.5 Å². The number of unbranched alkanes of at least 4 members (excludes halogenated alkanes) is 5. The van der Waals surface area contributed by atoms with E-state index in [1.165, 1.54) is 38.5 Å². The first-order valence-electron chi connectivity index (χ1n) is 7.93. The summed E-state index contributed by atoms with van der Waals surface area (Å²) in [5.74, 6) is 0.802. The van der Waals surface area contributed by atoms with Gasteiger partial charge >= 0.3 is 0 Å². The van der Waals surface area contributed by atoms with Crippen LogP contribution in [0.5, 0.6) is 0 Å². The van der Waals surface area contributed by atoms with Crippen LogP contribution in [0.25, 0.3) is 0 Å². The molecule has 0 spiro atoms. The van der Waals surface area contributed by atoms with E-state index in [0.717, 1.165) is 31.6 Å². The van der Waals surface area contributed by atoms with E-state index in [1.54, 1.807) is 0 Å². The molecule has 0 amide bonds. The molecule has 0 fully saturated rings. The van der Waals surface area contributed by atoms with Gasteiger partial charge in [0.05, 0.1) is 0 Å². The number of hydrogen-bond acceptors (Lipinski definition) is 2. The SMILES string of the molecule is CCC(CCCCCCC(=O)Cl)CCCCCC(=O)Cl. The van der Waals surface area contributed by atoms with Crippen molar-refractivity contribution in [1.29, 1.82) is 0 Å². The van der Waals surface area contributed by atoms with Gasteiger partial charge in [-0.25, -0.2) is 0 Å². The first-order chi connectivity index (χ1) is 9.56. The Labute approximate surface area is 133 Å². The third-order valence-corrected chi connectivity index (χ3v) is 4.18. The van der Waals surface area contributed by atoms with Gasteiger partial charge in [0, 0.05) is 12.8 Å². The van der Waals surface area contributed by atoms with Gasteiger partial charge in [-0.15, -0.1) is 0 Å². The maximum atomic E-state index is 10.6. The fraction of sp³-hybridized carbons (Fsp3) is 0.875. The van der Waals surface area contributed by atoms with E-state index in [0.29, 0.717) is 12.8 Å². The Morgan fingerprint density at radius 1 is 0.750 bits per heavy atom. The van der Waals surface area contributed by atoms with Gasteiger partial charge in [-0.2, -0.15) is 0 Å². The third-order valence-electron chi connectivity index (χ3n) is 3.80. The summed E-state index contributed by atoms with van der Waals surface area (Å²) >= 11 is 10.6. The molecule has 0 aromatic heterocycles. The van der Waals surface area contributed by atoms with Crippen molar-refractivity contribution in [1.82, 2.24) is 0 Å². The second-order valence-corrected chi connectivity index (χ2v) is 6.38. The quantitative estimate of drug-likeness (QED) is 0.297. The van der Waals surface area contributed by atoms with E-state index in [-0.39, 0.29) is 10.5 Å². The molecule has 0 rings (SSSR count). The predicted molar refractivity (Wildman–Crippen MR) is 86.3 cm³/mol. The average molecular weight is 323 g/mol. The van der Waals surface area contributed by atoms with E-state index in [9.17, 15) is 9.59 Å². The van der Waals surface area contributed by atoms with Crippen LogP contribution in [0.15, 0.2) is 0 Å². The van der Waals surface area contributed by atoms with Crippen LogP contribution < -0.4 is 0 Å². The first-order valence-corrected chi connectivity index (χ1v) is 8.68. The van der Waals surface area contributed by atoms with Crippen LogP contribution >= 0.6 is 23.2 Å². The average Bonchev–Trinajstić information content (AvgIpc) is 2.39. The summed E-state index contributed by atoms with van der Waals surface area (Å²) in [4.78, 5) is 21.2. The molecule has 0 saturated heterocycles. The second-order valence-electron chi connectivity index (χ2n) is 5.54. The van der Waals surface area contributed by atoms with Crippen LogP contribution in [0.1, 0.15) is 84.0 Å². The highest BCUT2D eigenvalue weighted by molar-refractivity contribution is 6.63. The summed E-state index contributed by atoms with van der Waals surface area (Å²) in [6.07, 6.45) is 12.5. The van der Waals surface area contributed by atoms with Crippen molar-refractivity contribution in [3.8, 4) is 0 Å². The van der Waals surface area contributed by atoms with Gasteiger partial charge in [-0.05, 0) is 42.0 Å². The van der Waals surface area contributed by atoms with Gasteiger partial charge in [0.2, 0.25) is 10.5 Å². The summed E-state index contributed by atoms with van der Waals surface area (Å²) in [6.45, 7) is 2.25. The summed E-state index contributed by atoms with van der Waals surface area (Å²) in [6, 6.07) is 0. The molecule has 2 nitrogen and oxygen atoms in total. The van der Waals surface area contributed by atoms with Crippen molar-refractivity contribution in [2.45, 2.75) is 84.0 Å². The fourth-order valence-corrected chi connectivity index (χ4v) is 2.74. The zero-order chi connectivity index (χ0) is 15.2. The van der Waals surface area contributed by atoms with Gasteiger partial charge in [0.1, 0.15) is 0 Å². The molecule has 0 N–H and O–H groups in total. The highest BCUT2D eigenvalue weighted by Crippen LogP contribution is 2.21. The summed E-state index contributed by atoms with van der Waals surface area (Å²) in [5.41, 5.74) is 0. The van der Waals surface area contributed by atoms with Crippen LogP contribution in [0, 0.1) is 5.92 Å². The van der Waals surface area contributed by atoms with Crippen molar-refractivity contribution in [2.24, 2.45) is 5.92 Å². The lowest BCUT2D eigenvalue weighted by Gasteiger charge is -2.14. The van der Waals surface area contributed by atoms with Gasteiger partial charge in [0.15, 0.2) is 0 Å². The Morgan fingerprint density at radius 3 is 1.55 bits per heavy atom. The predicted octanol–water partition coefficient (Wildman–Crippen LogP) is 5.83. The number of carbonyl (C=O) groups excluding carboxylic acids is 2. The lowest BCUT2D eigenvalue weighted by atomic mass is 9.92. The van der Waals surface area contributed by atoms with E-state index in [4.69, 9.17) is 23.2 Å². The lowest BCUT2D eigenvalue weighted by molar-refractivity contribution is -0.112. The van der Waals surface area contributed by atoms with Gasteiger partial charge < -0.3 is 0 Å². The Bertz CT molecular complexity index is 267. The standard InChI is InChI=1S/C16H28Cl2O2/c1-2-14(11-7-5-9-13-16(18)20)10-6-3-4-8-12-15(17)19/h14H,2-13H2,1H3. The van der Waals surface area contributed by atoms with E-state index in [1.807, 2.05) is 0 Å². The molecule has 0 bridgehead atoms. The number of rotatable bonds is 14. The zero-order valence-corrected chi connectivity index (χ0v) is 14.1. The Morgan fingerprint density at radius 2 is 1.15 bits per heavy atom. The molecule has 1 unspecified atom stereocenters. The normalized spacial score (nSPS) is 12.3. The van der Waals surface area contributed by atoms with Crippen molar-refractivity contribution in [3.05, 3.63) is 0 Å². The third kappa shape index (κ3) is 14.3. The Balaban J connectivity index is 3.42. The minimum absolute atomic E-state index is 0.215. The minimum Gasteiger partial charge on any atom is -0.281 e. The highest BCUT2D eigenvalue weighted by Gasteiger charge is 2.06. The number of halogens is 2. The van der Waals surface area contributed by atoms with Crippen molar-refractivity contribution in [3.63, 3.8) is 0 Å². The maximum absolute atomic E-state index is 10.6. The highest BCUT2D eigenvalue weighted by atomic mass is 35.5. The maximum Gasteiger partial charge on any atom is 0.221 e.